The van der Waals surface area contributed by atoms with Crippen LogP contribution in [-0.2, 0) is 4.74 Å². The van der Waals surface area contributed by atoms with E-state index < -0.39 is 0 Å². The molecule has 1 aromatic carbocycles. The molecule has 3 rings (SSSR count). The number of hydrogen-bond acceptors (Lipinski definition) is 4. The Hall–Kier alpha value is -1.68. The molecule has 0 unspecified atom stereocenters. The van der Waals surface area contributed by atoms with Gasteiger partial charge in [0.05, 0.1) is 18.7 Å². The van der Waals surface area contributed by atoms with Gasteiger partial charge in [-0.05, 0) is 12.1 Å². The van der Waals surface area contributed by atoms with Crippen molar-refractivity contribution in [2.45, 2.75) is 12.5 Å². The van der Waals surface area contributed by atoms with E-state index in [-0.39, 0.29) is 6.10 Å². The van der Waals surface area contributed by atoms with Crippen LogP contribution in [0.25, 0.3) is 10.9 Å². The van der Waals surface area contributed by atoms with Crippen LogP contribution in [0.15, 0.2) is 30.7 Å². The fourth-order valence-electron chi connectivity index (χ4n) is 1.83. The lowest BCUT2D eigenvalue weighted by atomic mass is 10.2. The molecule has 0 spiro atoms. The summed E-state index contributed by atoms with van der Waals surface area (Å²) < 4.78 is 11.1. The highest BCUT2D eigenvalue weighted by molar-refractivity contribution is 5.78. The van der Waals surface area contributed by atoms with Crippen molar-refractivity contribution in [1.29, 1.82) is 0 Å². The normalized spacial score (nSPS) is 20.1. The SMILES string of the molecule is c1ncc2ccc(O[C@@H]3CCOC3)cc2n1. The molecule has 1 fully saturated rings. The van der Waals surface area contributed by atoms with Gasteiger partial charge in [-0.2, -0.15) is 0 Å². The number of fused-ring (bicyclic) bond motifs is 1. The van der Waals surface area contributed by atoms with Gasteiger partial charge >= 0.3 is 0 Å². The largest absolute Gasteiger partial charge is 0.488 e. The van der Waals surface area contributed by atoms with Gasteiger partial charge in [-0.15, -0.1) is 0 Å². The van der Waals surface area contributed by atoms with Crippen LogP contribution in [0.4, 0.5) is 0 Å². The van der Waals surface area contributed by atoms with E-state index >= 15 is 0 Å². The Labute approximate surface area is 93.2 Å². The molecule has 0 bridgehead atoms. The number of nitrogens with zero attached hydrogens (tertiary/aromatic N) is 2. The van der Waals surface area contributed by atoms with E-state index in [1.807, 2.05) is 18.2 Å². The standard InChI is InChI=1S/C12H12N2O2/c1-2-10(16-11-3-4-15-7-11)5-12-9(1)6-13-8-14-12/h1-2,5-6,8,11H,3-4,7H2/t11-/m1/s1. The Kier molecular flexibility index (Phi) is 2.42. The lowest BCUT2D eigenvalue weighted by molar-refractivity contribution is 0.141. The average Bonchev–Trinajstić information content (AvgIpc) is 2.82. The smallest absolute Gasteiger partial charge is 0.124 e. The first-order valence-electron chi connectivity index (χ1n) is 5.36. The van der Waals surface area contributed by atoms with Crippen LogP contribution in [0.1, 0.15) is 6.42 Å². The Morgan fingerprint density at radius 2 is 2.38 bits per heavy atom. The minimum atomic E-state index is 0.180. The molecule has 4 nitrogen and oxygen atoms in total. The van der Waals surface area contributed by atoms with Gasteiger partial charge in [0.15, 0.2) is 0 Å². The number of hydrogen-bond donors (Lipinski definition) is 0. The molecule has 0 radical (unpaired) electrons. The molecular weight excluding hydrogens is 204 g/mol. The summed E-state index contributed by atoms with van der Waals surface area (Å²) >= 11 is 0. The van der Waals surface area contributed by atoms with Crippen molar-refractivity contribution in [2.75, 3.05) is 13.2 Å². The van der Waals surface area contributed by atoms with E-state index in [2.05, 4.69) is 9.97 Å². The van der Waals surface area contributed by atoms with E-state index in [0.717, 1.165) is 29.7 Å². The van der Waals surface area contributed by atoms with Crippen LogP contribution in [-0.4, -0.2) is 29.3 Å². The van der Waals surface area contributed by atoms with Crippen molar-refractivity contribution in [1.82, 2.24) is 9.97 Å². The first-order chi connectivity index (χ1) is 7.92. The molecule has 1 aliphatic heterocycles. The summed E-state index contributed by atoms with van der Waals surface area (Å²) in [7, 11) is 0. The topological polar surface area (TPSA) is 44.2 Å². The third kappa shape index (κ3) is 1.84. The highest BCUT2D eigenvalue weighted by atomic mass is 16.5. The van der Waals surface area contributed by atoms with Gasteiger partial charge in [0, 0.05) is 24.1 Å². The van der Waals surface area contributed by atoms with Crippen molar-refractivity contribution in [3.05, 3.63) is 30.7 Å². The summed E-state index contributed by atoms with van der Waals surface area (Å²) in [6.07, 6.45) is 4.48. The average molecular weight is 216 g/mol. The zero-order valence-electron chi connectivity index (χ0n) is 8.80. The third-order valence-electron chi connectivity index (χ3n) is 2.67. The highest BCUT2D eigenvalue weighted by Crippen LogP contribution is 2.21. The summed E-state index contributed by atoms with van der Waals surface area (Å²) in [6.45, 7) is 1.47. The monoisotopic (exact) mass is 216 g/mol. The predicted molar refractivity (Wildman–Crippen MR) is 59.4 cm³/mol. The Morgan fingerprint density at radius 3 is 3.25 bits per heavy atom. The molecule has 0 N–H and O–H groups in total. The molecule has 1 saturated heterocycles. The first kappa shape index (κ1) is 9.54. The van der Waals surface area contributed by atoms with Gasteiger partial charge in [0.1, 0.15) is 18.2 Å². The number of ether oxygens (including phenoxy) is 2. The maximum absolute atomic E-state index is 5.80. The van der Waals surface area contributed by atoms with Gasteiger partial charge < -0.3 is 9.47 Å². The fourth-order valence-corrected chi connectivity index (χ4v) is 1.83. The Bertz CT molecular complexity index is 495. The van der Waals surface area contributed by atoms with Gasteiger partial charge in [0.25, 0.3) is 0 Å². The molecule has 0 amide bonds. The Morgan fingerprint density at radius 1 is 1.38 bits per heavy atom. The van der Waals surface area contributed by atoms with Crippen LogP contribution in [0.5, 0.6) is 5.75 Å². The van der Waals surface area contributed by atoms with Crippen LogP contribution < -0.4 is 4.74 Å². The van der Waals surface area contributed by atoms with E-state index in [4.69, 9.17) is 9.47 Å². The van der Waals surface area contributed by atoms with E-state index in [1.165, 1.54) is 0 Å². The van der Waals surface area contributed by atoms with E-state index in [1.54, 1.807) is 12.5 Å². The summed E-state index contributed by atoms with van der Waals surface area (Å²) in [5.74, 6) is 0.849. The van der Waals surface area contributed by atoms with Gasteiger partial charge in [-0.25, -0.2) is 9.97 Å². The molecule has 4 heteroatoms. The maximum Gasteiger partial charge on any atom is 0.124 e. The fraction of sp³-hybridized carbons (Fsp3) is 0.333. The van der Waals surface area contributed by atoms with E-state index in [9.17, 15) is 0 Å². The first-order valence-corrected chi connectivity index (χ1v) is 5.36. The molecule has 0 saturated carbocycles. The lowest BCUT2D eigenvalue weighted by Gasteiger charge is -2.11. The predicted octanol–water partition coefficient (Wildman–Crippen LogP) is 1.80. The minimum absolute atomic E-state index is 0.180. The number of benzene rings is 1. The van der Waals surface area contributed by atoms with E-state index in [0.29, 0.717) is 6.61 Å². The summed E-state index contributed by atoms with van der Waals surface area (Å²) in [4.78, 5) is 8.17. The van der Waals surface area contributed by atoms with Crippen molar-refractivity contribution >= 4 is 10.9 Å². The molecule has 82 valence electrons. The minimum Gasteiger partial charge on any atom is -0.488 e. The Balaban J connectivity index is 1.86. The van der Waals surface area contributed by atoms with Crippen LogP contribution in [0, 0.1) is 0 Å². The van der Waals surface area contributed by atoms with Crippen LogP contribution >= 0.6 is 0 Å². The van der Waals surface area contributed by atoms with Crippen molar-refractivity contribution < 1.29 is 9.47 Å². The molecule has 1 aromatic heterocycles. The molecule has 1 atom stereocenters. The summed E-state index contributed by atoms with van der Waals surface area (Å²) in [6, 6.07) is 5.86. The third-order valence-corrected chi connectivity index (χ3v) is 2.67. The highest BCUT2D eigenvalue weighted by Gasteiger charge is 2.17. The second-order valence-corrected chi connectivity index (χ2v) is 3.85. The quantitative estimate of drug-likeness (QED) is 0.767. The molecule has 2 heterocycles. The van der Waals surface area contributed by atoms with Crippen molar-refractivity contribution in [3.63, 3.8) is 0 Å². The summed E-state index contributed by atoms with van der Waals surface area (Å²) in [5.41, 5.74) is 0.909. The zero-order valence-corrected chi connectivity index (χ0v) is 8.80. The lowest BCUT2D eigenvalue weighted by Crippen LogP contribution is -2.15. The summed E-state index contributed by atoms with van der Waals surface area (Å²) in [5, 5.41) is 1.03. The zero-order chi connectivity index (χ0) is 10.8. The molecular formula is C12H12N2O2. The van der Waals surface area contributed by atoms with Crippen molar-refractivity contribution in [3.8, 4) is 5.75 Å². The van der Waals surface area contributed by atoms with Gasteiger partial charge in [-0.3, -0.25) is 0 Å². The molecule has 2 aromatic rings. The molecule has 1 aliphatic rings. The van der Waals surface area contributed by atoms with Gasteiger partial charge in [-0.1, -0.05) is 0 Å². The maximum atomic E-state index is 5.80. The number of aromatic nitrogens is 2. The molecule has 16 heavy (non-hydrogen) atoms. The number of rotatable bonds is 2. The van der Waals surface area contributed by atoms with Gasteiger partial charge in [0.2, 0.25) is 0 Å². The molecule has 0 aliphatic carbocycles. The second kappa shape index (κ2) is 4.06. The van der Waals surface area contributed by atoms with Crippen molar-refractivity contribution in [2.24, 2.45) is 0 Å². The van der Waals surface area contributed by atoms with Crippen LogP contribution in [0.3, 0.4) is 0 Å². The van der Waals surface area contributed by atoms with Crippen LogP contribution in [0.2, 0.25) is 0 Å². The second-order valence-electron chi connectivity index (χ2n) is 3.85.